The molecule has 1 atom stereocenters. The van der Waals surface area contributed by atoms with E-state index in [4.69, 9.17) is 9.05 Å². The Hall–Kier alpha value is 0.340. The van der Waals surface area contributed by atoms with Gasteiger partial charge in [0.15, 0.2) is 5.52 Å². The molecule has 0 aromatic carbocycles. The Morgan fingerprint density at radius 1 is 0.944 bits per heavy atom. The van der Waals surface area contributed by atoms with E-state index in [0.29, 0.717) is 12.3 Å². The summed E-state index contributed by atoms with van der Waals surface area (Å²) in [4.78, 5) is 1.72. The van der Waals surface area contributed by atoms with Gasteiger partial charge in [0, 0.05) is 12.3 Å². The van der Waals surface area contributed by atoms with Crippen LogP contribution in [-0.2, 0) is 18.2 Å². The van der Waals surface area contributed by atoms with Crippen LogP contribution >= 0.6 is 14.7 Å². The van der Waals surface area contributed by atoms with E-state index >= 15 is 0 Å². The van der Waals surface area contributed by atoms with Crippen LogP contribution in [0.5, 0.6) is 0 Å². The van der Waals surface area contributed by atoms with Gasteiger partial charge in [0.05, 0.1) is 13.2 Å². The average molecular weight is 299 g/mol. The van der Waals surface area contributed by atoms with E-state index in [1.807, 2.05) is 13.8 Å². The second-order valence-electron chi connectivity index (χ2n) is 4.27. The lowest BCUT2D eigenvalue weighted by atomic mass is 10.9. The Balaban J connectivity index is 5.56. The topological polar surface area (TPSA) is 55.8 Å². The molecule has 7 heteroatoms. The van der Waals surface area contributed by atoms with Gasteiger partial charge in [-0.05, 0) is 27.9 Å². The second-order valence-corrected chi connectivity index (χ2v) is 10.4. The third kappa shape index (κ3) is 4.18. The zero-order chi connectivity index (χ0) is 14.4. The van der Waals surface area contributed by atoms with Gasteiger partial charge in [-0.3, -0.25) is 9.46 Å². The van der Waals surface area contributed by atoms with Crippen molar-refractivity contribution in [1.82, 2.24) is 4.90 Å². The third-order valence-electron chi connectivity index (χ3n) is 2.85. The Morgan fingerprint density at radius 2 is 1.33 bits per heavy atom. The molecule has 0 aromatic rings. The summed E-state index contributed by atoms with van der Waals surface area (Å²) in [6, 6.07) is 0. The molecule has 0 heterocycles. The summed E-state index contributed by atoms with van der Waals surface area (Å²) in [5.41, 5.74) is -0.653. The van der Waals surface area contributed by atoms with E-state index in [2.05, 4.69) is 0 Å². The van der Waals surface area contributed by atoms with Crippen molar-refractivity contribution >= 4 is 14.7 Å². The van der Waals surface area contributed by atoms with Gasteiger partial charge in [0.2, 0.25) is 0 Å². The predicted molar refractivity (Wildman–Crippen MR) is 77.0 cm³/mol. The lowest BCUT2D eigenvalue weighted by Gasteiger charge is -2.35. The van der Waals surface area contributed by atoms with Crippen LogP contribution in [0.1, 0.15) is 27.7 Å². The minimum absolute atomic E-state index is 0.287. The molecule has 0 N–H and O–H groups in total. The second kappa shape index (κ2) is 7.81. The van der Waals surface area contributed by atoms with Gasteiger partial charge < -0.3 is 13.6 Å². The van der Waals surface area contributed by atoms with Crippen molar-refractivity contribution in [3.8, 4) is 0 Å². The maximum Gasteiger partial charge on any atom is 0.355 e. The van der Waals surface area contributed by atoms with Crippen LogP contribution in [-0.4, -0.2) is 50.1 Å². The molecule has 0 aromatic heterocycles. The van der Waals surface area contributed by atoms with Crippen LogP contribution in [0.2, 0.25) is 0 Å². The summed E-state index contributed by atoms with van der Waals surface area (Å²) in [7, 11) is -2.45. The number of hydrogen-bond acceptors (Lipinski definition) is 5. The number of hydrogen-bond donors (Lipinski definition) is 0. The van der Waals surface area contributed by atoms with Gasteiger partial charge in [0.1, 0.15) is 7.14 Å². The maximum atomic E-state index is 12.9. The Labute approximate surface area is 111 Å². The molecule has 0 radical (unpaired) electrons. The normalized spacial score (nSPS) is 15.1. The minimum atomic E-state index is -3.38. The van der Waals surface area contributed by atoms with Gasteiger partial charge >= 0.3 is 7.60 Å². The lowest BCUT2D eigenvalue weighted by molar-refractivity contribution is 0.201. The van der Waals surface area contributed by atoms with Crippen LogP contribution < -0.4 is 0 Å². The summed E-state index contributed by atoms with van der Waals surface area (Å²) in [5, 5.41) is 0. The predicted octanol–water partition coefficient (Wildman–Crippen LogP) is 3.50. The standard InChI is InChI=1S/C11H27NO4P2/c1-7-15-18(14,16-8-2)11(12(5)6)17(13,9-3)10-4/h11H,7-10H2,1-6H3. The molecular weight excluding hydrogens is 272 g/mol. The van der Waals surface area contributed by atoms with Crippen molar-refractivity contribution in [2.45, 2.75) is 33.2 Å². The van der Waals surface area contributed by atoms with E-state index in [1.165, 1.54) is 0 Å². The van der Waals surface area contributed by atoms with Crippen molar-refractivity contribution < 1.29 is 18.2 Å². The fourth-order valence-electron chi connectivity index (χ4n) is 2.04. The highest BCUT2D eigenvalue weighted by molar-refractivity contribution is 7.77. The monoisotopic (exact) mass is 299 g/mol. The van der Waals surface area contributed by atoms with Gasteiger partial charge in [-0.2, -0.15) is 0 Å². The fraction of sp³-hybridized carbons (Fsp3) is 1.00. The van der Waals surface area contributed by atoms with Crippen molar-refractivity contribution in [3.05, 3.63) is 0 Å². The molecule has 0 aliphatic carbocycles. The van der Waals surface area contributed by atoms with Crippen LogP contribution in [0.15, 0.2) is 0 Å². The van der Waals surface area contributed by atoms with E-state index in [-0.39, 0.29) is 13.2 Å². The highest BCUT2D eigenvalue weighted by atomic mass is 31.2. The maximum absolute atomic E-state index is 12.9. The lowest BCUT2D eigenvalue weighted by Crippen LogP contribution is -2.31. The molecule has 0 saturated carbocycles. The molecule has 0 fully saturated rings. The fourth-order valence-corrected chi connectivity index (χ4v) is 9.05. The number of nitrogens with zero attached hydrogens (tertiary/aromatic N) is 1. The van der Waals surface area contributed by atoms with Gasteiger partial charge in [-0.1, -0.05) is 13.8 Å². The highest BCUT2D eigenvalue weighted by Gasteiger charge is 2.47. The zero-order valence-electron chi connectivity index (χ0n) is 12.4. The van der Waals surface area contributed by atoms with Gasteiger partial charge in [0.25, 0.3) is 0 Å². The molecule has 0 bridgehead atoms. The van der Waals surface area contributed by atoms with Crippen LogP contribution in [0.4, 0.5) is 0 Å². The minimum Gasteiger partial charge on any atom is -0.321 e. The van der Waals surface area contributed by atoms with Crippen molar-refractivity contribution in [2.24, 2.45) is 0 Å². The Bertz CT molecular complexity index is 315. The first-order chi connectivity index (χ1) is 8.31. The molecule has 0 rings (SSSR count). The first-order valence-corrected chi connectivity index (χ1v) is 10.2. The SMILES string of the molecule is CCOP(=O)(OCC)C(N(C)C)P(=O)(CC)CC. The summed E-state index contributed by atoms with van der Waals surface area (Å²) in [6.07, 6.45) is 0.993. The molecule has 0 aliphatic rings. The highest BCUT2D eigenvalue weighted by Crippen LogP contribution is 2.69. The summed E-state index contributed by atoms with van der Waals surface area (Å²) < 4.78 is 36.5. The molecule has 18 heavy (non-hydrogen) atoms. The third-order valence-corrected chi connectivity index (χ3v) is 10.7. The molecular formula is C11H27NO4P2. The van der Waals surface area contributed by atoms with E-state index in [9.17, 15) is 9.13 Å². The van der Waals surface area contributed by atoms with Crippen molar-refractivity contribution in [1.29, 1.82) is 0 Å². The first-order valence-electron chi connectivity index (χ1n) is 6.44. The summed E-state index contributed by atoms with van der Waals surface area (Å²) in [5.74, 6) is 0. The van der Waals surface area contributed by atoms with Crippen molar-refractivity contribution in [2.75, 3.05) is 39.6 Å². The summed E-state index contributed by atoms with van der Waals surface area (Å²) >= 11 is 0. The van der Waals surface area contributed by atoms with Gasteiger partial charge in [-0.25, -0.2) is 0 Å². The first kappa shape index (κ1) is 18.3. The molecule has 110 valence electrons. The molecule has 0 amide bonds. The van der Waals surface area contributed by atoms with Crippen molar-refractivity contribution in [3.63, 3.8) is 0 Å². The van der Waals surface area contributed by atoms with Crippen LogP contribution in [0, 0.1) is 0 Å². The average Bonchev–Trinajstić information content (AvgIpc) is 2.28. The smallest absolute Gasteiger partial charge is 0.321 e. The van der Waals surface area contributed by atoms with E-state index in [1.54, 1.807) is 32.8 Å². The molecule has 0 saturated heterocycles. The van der Waals surface area contributed by atoms with Gasteiger partial charge in [-0.15, -0.1) is 0 Å². The zero-order valence-corrected chi connectivity index (χ0v) is 14.2. The largest absolute Gasteiger partial charge is 0.355 e. The quantitative estimate of drug-likeness (QED) is 0.610. The van der Waals surface area contributed by atoms with E-state index < -0.39 is 20.3 Å². The Kier molecular flexibility index (Phi) is 7.96. The molecule has 0 aliphatic heterocycles. The summed E-state index contributed by atoms with van der Waals surface area (Å²) in [6.45, 7) is 7.83. The molecule has 5 nitrogen and oxygen atoms in total. The Morgan fingerprint density at radius 3 is 1.56 bits per heavy atom. The molecule has 0 spiro atoms. The van der Waals surface area contributed by atoms with E-state index in [0.717, 1.165) is 0 Å². The van der Waals surface area contributed by atoms with Crippen LogP contribution in [0.25, 0.3) is 0 Å². The number of rotatable bonds is 9. The molecule has 1 unspecified atom stereocenters. The van der Waals surface area contributed by atoms with Crippen LogP contribution in [0.3, 0.4) is 0 Å².